The first-order valence-electron chi connectivity index (χ1n) is 17.8. The van der Waals surface area contributed by atoms with Crippen LogP contribution in [0.3, 0.4) is 0 Å². The van der Waals surface area contributed by atoms with Crippen molar-refractivity contribution < 1.29 is 43.1 Å². The van der Waals surface area contributed by atoms with Crippen molar-refractivity contribution in [1.29, 1.82) is 0 Å². The highest BCUT2D eigenvalue weighted by Crippen LogP contribution is 2.66. The minimum Gasteiger partial charge on any atom is -0.491 e. The van der Waals surface area contributed by atoms with Crippen molar-refractivity contribution in [3.63, 3.8) is 0 Å². The van der Waals surface area contributed by atoms with E-state index < -0.39 is 70.4 Å². The molecule has 0 unspecified atom stereocenters. The van der Waals surface area contributed by atoms with Crippen molar-refractivity contribution >= 4 is 11.9 Å². The van der Waals surface area contributed by atoms with Gasteiger partial charge in [0.15, 0.2) is 5.60 Å². The third-order valence-corrected chi connectivity index (χ3v) is 12.5. The number of carbonyl (C=O) groups is 2. The highest BCUT2D eigenvalue weighted by Gasteiger charge is 2.77. The molecule has 1 aliphatic heterocycles. The zero-order valence-corrected chi connectivity index (χ0v) is 30.9. The maximum Gasteiger partial charge on any atom is 0.338 e. The van der Waals surface area contributed by atoms with Crippen molar-refractivity contribution in [1.82, 2.24) is 0 Å². The Morgan fingerprint density at radius 3 is 2.20 bits per heavy atom. The van der Waals surface area contributed by atoms with Crippen molar-refractivity contribution in [3.8, 4) is 0 Å². The Labute approximate surface area is 301 Å². The lowest BCUT2D eigenvalue weighted by Gasteiger charge is -2.69. The van der Waals surface area contributed by atoms with Gasteiger partial charge in [-0.15, -0.1) is 0 Å². The molecule has 9 heteroatoms. The van der Waals surface area contributed by atoms with Gasteiger partial charge in [0.05, 0.1) is 30.0 Å². The van der Waals surface area contributed by atoms with E-state index in [9.17, 15) is 14.7 Å². The van der Waals surface area contributed by atoms with Gasteiger partial charge in [-0.3, -0.25) is 4.79 Å². The van der Waals surface area contributed by atoms with Gasteiger partial charge in [0.1, 0.15) is 30.0 Å². The van der Waals surface area contributed by atoms with E-state index >= 15 is 0 Å². The molecule has 0 spiro atoms. The third kappa shape index (κ3) is 5.86. The second-order valence-corrected chi connectivity index (χ2v) is 15.4. The minimum absolute atomic E-state index is 0.0483. The summed E-state index contributed by atoms with van der Waals surface area (Å²) in [5.41, 5.74) is -1.35. The molecule has 2 saturated carbocycles. The SMILES string of the molecule is C=C(CCc1ccccc1)O[C@H]1C[C@@]2(O)[C@@H](OC(=O)c3ccccc3)[C@@H]3[C@]4(OC(C)=O)CO[C@@H]4C[C@H](OC)[C@@]3(C)C(=C)[C@H](OC)C(=C1C)C2(C)C. The van der Waals surface area contributed by atoms with Crippen LogP contribution in [0.15, 0.2) is 96.3 Å². The van der Waals surface area contributed by atoms with E-state index in [-0.39, 0.29) is 13.0 Å². The Bertz CT molecular complexity index is 1700. The predicted molar refractivity (Wildman–Crippen MR) is 192 cm³/mol. The average Bonchev–Trinajstić information content (AvgIpc) is 3.10. The molecule has 3 aliphatic carbocycles. The lowest BCUT2D eigenvalue weighted by atomic mass is 9.44. The summed E-state index contributed by atoms with van der Waals surface area (Å²) >= 11 is 0. The molecule has 3 fully saturated rings. The molecule has 9 atom stereocenters. The normalized spacial score (nSPS) is 35.3. The van der Waals surface area contributed by atoms with E-state index in [1.807, 2.05) is 52.0 Å². The average molecular weight is 701 g/mol. The van der Waals surface area contributed by atoms with E-state index in [1.54, 1.807) is 38.5 Å². The van der Waals surface area contributed by atoms with E-state index in [0.717, 1.165) is 23.1 Å². The first-order valence-corrected chi connectivity index (χ1v) is 17.8. The summed E-state index contributed by atoms with van der Waals surface area (Å²) in [6.45, 7) is 18.3. The number of rotatable bonds is 10. The number of hydrogen-bond donors (Lipinski definition) is 1. The van der Waals surface area contributed by atoms with Gasteiger partial charge in [-0.1, -0.05) is 82.5 Å². The summed E-state index contributed by atoms with van der Waals surface area (Å²) < 4.78 is 38.4. The van der Waals surface area contributed by atoms with Crippen molar-refractivity contribution in [2.24, 2.45) is 16.7 Å². The topological polar surface area (TPSA) is 110 Å². The van der Waals surface area contributed by atoms with Crippen LogP contribution in [0.1, 0.15) is 69.8 Å². The largest absolute Gasteiger partial charge is 0.491 e. The highest BCUT2D eigenvalue weighted by molar-refractivity contribution is 5.89. The minimum atomic E-state index is -1.79. The molecule has 0 aromatic heterocycles. The Hall–Kier alpha value is -3.76. The summed E-state index contributed by atoms with van der Waals surface area (Å²) in [7, 11) is 3.25. The highest BCUT2D eigenvalue weighted by atomic mass is 16.6. The molecule has 1 N–H and O–H groups in total. The van der Waals surface area contributed by atoms with Gasteiger partial charge in [-0.2, -0.15) is 0 Å². The molecule has 9 nitrogen and oxygen atoms in total. The van der Waals surface area contributed by atoms with Gasteiger partial charge in [0.25, 0.3) is 0 Å². The monoisotopic (exact) mass is 700 g/mol. The standard InChI is InChI=1S/C42H52O9/c1-25(20-21-29-16-12-10-13-17-29)49-31-23-42(45)37(50-38(44)30-18-14-11-15-19-30)36-40(7,27(3)35(47-9)34(26(31)2)39(42,5)6)32(46-8)22-33-41(36,24-48-33)51-28(4)43/h10-19,31-33,35-37,45H,1,3,20-24H2,2,4-9H3/t31-,32-,33+,35-,36-,37-,40+,41-,42+/m0/s1. The summed E-state index contributed by atoms with van der Waals surface area (Å²) in [6, 6.07) is 18.8. The fourth-order valence-electron chi connectivity index (χ4n) is 9.65. The van der Waals surface area contributed by atoms with Crippen LogP contribution in [0.4, 0.5) is 0 Å². The lowest BCUT2D eigenvalue weighted by molar-refractivity contribution is -0.348. The van der Waals surface area contributed by atoms with Gasteiger partial charge < -0.3 is 33.5 Å². The van der Waals surface area contributed by atoms with Crippen LogP contribution in [-0.4, -0.2) is 79.6 Å². The van der Waals surface area contributed by atoms with Crippen LogP contribution in [0.2, 0.25) is 0 Å². The Kier molecular flexibility index (Phi) is 9.91. The molecule has 2 aromatic carbocycles. The maximum absolute atomic E-state index is 14.2. The van der Waals surface area contributed by atoms with Crippen molar-refractivity contribution in [2.45, 2.75) is 102 Å². The van der Waals surface area contributed by atoms with Crippen LogP contribution >= 0.6 is 0 Å². The van der Waals surface area contributed by atoms with E-state index in [1.165, 1.54) is 6.92 Å². The number of allylic oxidation sites excluding steroid dienone is 1. The second kappa shape index (κ2) is 13.7. The number of aliphatic hydroxyl groups is 1. The van der Waals surface area contributed by atoms with Crippen LogP contribution < -0.4 is 0 Å². The zero-order valence-electron chi connectivity index (χ0n) is 30.9. The molecule has 0 radical (unpaired) electrons. The fourth-order valence-corrected chi connectivity index (χ4v) is 9.65. The number of aryl methyl sites for hydroxylation is 1. The number of fused-ring (bicyclic) bond motifs is 5. The van der Waals surface area contributed by atoms with E-state index in [0.29, 0.717) is 29.7 Å². The van der Waals surface area contributed by atoms with E-state index in [4.69, 9.17) is 35.0 Å². The molecule has 6 rings (SSSR count). The first kappa shape index (κ1) is 37.0. The summed E-state index contributed by atoms with van der Waals surface area (Å²) in [5.74, 6) is -1.42. The lowest BCUT2D eigenvalue weighted by Crippen LogP contribution is -2.80. The number of ether oxygens (including phenoxy) is 6. The van der Waals surface area contributed by atoms with Gasteiger partial charge in [0.2, 0.25) is 0 Å². The van der Waals surface area contributed by atoms with Gasteiger partial charge >= 0.3 is 11.9 Å². The maximum atomic E-state index is 14.2. The van der Waals surface area contributed by atoms with Crippen LogP contribution in [0.25, 0.3) is 0 Å². The number of methoxy groups -OCH3 is 2. The zero-order chi connectivity index (χ0) is 36.9. The molecule has 2 bridgehead atoms. The van der Waals surface area contributed by atoms with Crippen LogP contribution in [0, 0.1) is 16.7 Å². The van der Waals surface area contributed by atoms with Gasteiger partial charge in [-0.25, -0.2) is 4.79 Å². The number of esters is 2. The van der Waals surface area contributed by atoms with Crippen molar-refractivity contribution in [2.75, 3.05) is 20.8 Å². The summed E-state index contributed by atoms with van der Waals surface area (Å²) in [4.78, 5) is 27.2. The molecular weight excluding hydrogens is 648 g/mol. The molecule has 2 aromatic rings. The third-order valence-electron chi connectivity index (χ3n) is 12.5. The Morgan fingerprint density at radius 2 is 1.63 bits per heavy atom. The summed E-state index contributed by atoms with van der Waals surface area (Å²) in [5, 5.41) is 13.7. The predicted octanol–water partition coefficient (Wildman–Crippen LogP) is 6.55. The number of hydrogen-bond acceptors (Lipinski definition) is 9. The molecule has 1 saturated heterocycles. The fraction of sp³-hybridized carbons (Fsp3) is 0.524. The van der Waals surface area contributed by atoms with Crippen molar-refractivity contribution in [3.05, 3.63) is 107 Å². The van der Waals surface area contributed by atoms with E-state index in [2.05, 4.69) is 18.7 Å². The smallest absolute Gasteiger partial charge is 0.338 e. The van der Waals surface area contributed by atoms with Crippen LogP contribution in [0.5, 0.6) is 0 Å². The number of carbonyl (C=O) groups excluding carboxylic acids is 2. The molecular formula is C42H52O9. The quantitative estimate of drug-likeness (QED) is 0.168. The van der Waals surface area contributed by atoms with Gasteiger partial charge in [-0.05, 0) is 47.8 Å². The molecule has 51 heavy (non-hydrogen) atoms. The van der Waals surface area contributed by atoms with Crippen LogP contribution in [-0.2, 0) is 39.6 Å². The van der Waals surface area contributed by atoms with Gasteiger partial charge in [0, 0.05) is 51.2 Å². The Morgan fingerprint density at radius 1 is 0.980 bits per heavy atom. The molecule has 1 heterocycles. The Balaban J connectivity index is 1.55. The molecule has 274 valence electrons. The second-order valence-electron chi connectivity index (χ2n) is 15.4. The first-order chi connectivity index (χ1) is 24.1. The number of benzene rings is 2. The summed E-state index contributed by atoms with van der Waals surface area (Å²) in [6.07, 6.45) is -1.94. The molecule has 4 aliphatic rings. The molecule has 0 amide bonds.